The zero-order valence-electron chi connectivity index (χ0n) is 9.67. The molecule has 0 aromatic heterocycles. The van der Waals surface area contributed by atoms with Crippen molar-refractivity contribution in [2.24, 2.45) is 0 Å². The van der Waals surface area contributed by atoms with Crippen LogP contribution in [-0.2, 0) is 14.4 Å². The van der Waals surface area contributed by atoms with E-state index in [1.807, 2.05) is 0 Å². The second-order valence-corrected chi connectivity index (χ2v) is 3.73. The van der Waals surface area contributed by atoms with Crippen molar-refractivity contribution in [3.63, 3.8) is 0 Å². The lowest BCUT2D eigenvalue weighted by atomic mass is 10.3. The molecule has 0 spiro atoms. The van der Waals surface area contributed by atoms with Crippen LogP contribution in [0.25, 0.3) is 0 Å². The number of hydrogen-bond acceptors (Lipinski definition) is 4. The van der Waals surface area contributed by atoms with E-state index in [0.717, 1.165) is 0 Å². The fourth-order valence-electron chi connectivity index (χ4n) is 1.38. The molecule has 3 amide bonds. The molecule has 1 fully saturated rings. The van der Waals surface area contributed by atoms with Gasteiger partial charge in [-0.25, -0.2) is 0 Å². The Kier molecular flexibility index (Phi) is 6.02. The first-order valence-electron chi connectivity index (χ1n) is 5.69. The Morgan fingerprint density at radius 1 is 0.647 bits per heavy atom. The molecule has 0 radical (unpaired) electrons. The highest BCUT2D eigenvalue weighted by Gasteiger charge is 2.09. The highest BCUT2D eigenvalue weighted by molar-refractivity contribution is 5.96. The molecule has 1 saturated heterocycles. The number of rotatable bonds is 0. The fraction of sp³-hybridized carbons (Fsp3) is 0.700. The van der Waals surface area contributed by atoms with Crippen LogP contribution in [0.3, 0.4) is 0 Å². The Morgan fingerprint density at radius 3 is 1.82 bits per heavy atom. The van der Waals surface area contributed by atoms with Crippen LogP contribution < -0.4 is 21.3 Å². The predicted octanol–water partition coefficient (Wildman–Crippen LogP) is -2.28. The summed E-state index contributed by atoms with van der Waals surface area (Å²) in [5.74, 6) is -0.667. The van der Waals surface area contributed by atoms with Crippen molar-refractivity contribution in [1.82, 2.24) is 21.3 Å². The van der Waals surface area contributed by atoms with Crippen LogP contribution in [0.2, 0.25) is 0 Å². The molecule has 7 heteroatoms. The third kappa shape index (κ3) is 6.52. The average molecular weight is 242 g/mol. The Labute approximate surface area is 99.7 Å². The van der Waals surface area contributed by atoms with Gasteiger partial charge < -0.3 is 21.3 Å². The smallest absolute Gasteiger partial charge is 0.229 e. The van der Waals surface area contributed by atoms with Gasteiger partial charge in [0, 0.05) is 39.1 Å². The van der Waals surface area contributed by atoms with Gasteiger partial charge in [0.2, 0.25) is 17.7 Å². The summed E-state index contributed by atoms with van der Waals surface area (Å²) in [5.41, 5.74) is 0. The number of nitrogens with one attached hydrogen (secondary N) is 4. The summed E-state index contributed by atoms with van der Waals surface area (Å²) >= 11 is 0. The molecule has 0 bridgehead atoms. The van der Waals surface area contributed by atoms with Crippen molar-refractivity contribution in [3.8, 4) is 0 Å². The minimum absolute atomic E-state index is 0.0483. The third-order valence-corrected chi connectivity index (χ3v) is 2.24. The molecule has 0 aromatic rings. The van der Waals surface area contributed by atoms with Crippen LogP contribution >= 0.6 is 0 Å². The van der Waals surface area contributed by atoms with E-state index in [1.165, 1.54) is 0 Å². The first-order valence-corrected chi connectivity index (χ1v) is 5.69. The third-order valence-electron chi connectivity index (χ3n) is 2.24. The maximum absolute atomic E-state index is 11.3. The van der Waals surface area contributed by atoms with Gasteiger partial charge in [0.15, 0.2) is 0 Å². The molecule has 1 rings (SSSR count). The molecule has 0 saturated carbocycles. The number of carbonyl (C=O) groups is 3. The predicted molar refractivity (Wildman–Crippen MR) is 61.1 cm³/mol. The molecule has 4 N–H and O–H groups in total. The second-order valence-electron chi connectivity index (χ2n) is 3.73. The van der Waals surface area contributed by atoms with Crippen molar-refractivity contribution in [2.45, 2.75) is 12.8 Å². The van der Waals surface area contributed by atoms with E-state index in [0.29, 0.717) is 39.1 Å². The van der Waals surface area contributed by atoms with Gasteiger partial charge in [0.1, 0.15) is 6.42 Å². The van der Waals surface area contributed by atoms with Crippen molar-refractivity contribution < 1.29 is 14.4 Å². The lowest BCUT2D eigenvalue weighted by Crippen LogP contribution is -2.40. The molecule has 1 aliphatic heterocycles. The SMILES string of the molecule is O=C1CCNCCNC(=O)CC(=O)NCCN1. The molecule has 0 unspecified atom stereocenters. The minimum Gasteiger partial charge on any atom is -0.354 e. The van der Waals surface area contributed by atoms with Crippen LogP contribution in [0.4, 0.5) is 0 Å². The van der Waals surface area contributed by atoms with Crippen molar-refractivity contribution >= 4 is 17.7 Å². The molecule has 17 heavy (non-hydrogen) atoms. The lowest BCUT2D eigenvalue weighted by molar-refractivity contribution is -0.129. The number of amides is 3. The second kappa shape index (κ2) is 7.61. The number of hydrogen-bond donors (Lipinski definition) is 4. The maximum Gasteiger partial charge on any atom is 0.229 e. The van der Waals surface area contributed by atoms with E-state index in [4.69, 9.17) is 0 Å². The van der Waals surface area contributed by atoms with Gasteiger partial charge in [-0.05, 0) is 0 Å². The summed E-state index contributed by atoms with van der Waals surface area (Å²) < 4.78 is 0. The van der Waals surface area contributed by atoms with E-state index < -0.39 is 0 Å². The van der Waals surface area contributed by atoms with Crippen LogP contribution in [-0.4, -0.2) is 50.4 Å². The number of carbonyl (C=O) groups excluding carboxylic acids is 3. The van der Waals surface area contributed by atoms with Gasteiger partial charge in [0.05, 0.1) is 0 Å². The summed E-state index contributed by atoms with van der Waals surface area (Å²) in [4.78, 5) is 33.7. The highest BCUT2D eigenvalue weighted by Crippen LogP contribution is 1.82. The summed E-state index contributed by atoms with van der Waals surface area (Å²) in [5, 5.41) is 10.9. The van der Waals surface area contributed by atoms with Gasteiger partial charge in [0.25, 0.3) is 0 Å². The molecule has 1 aliphatic rings. The monoisotopic (exact) mass is 242 g/mol. The highest BCUT2D eigenvalue weighted by atomic mass is 16.2. The largest absolute Gasteiger partial charge is 0.354 e. The van der Waals surface area contributed by atoms with Crippen molar-refractivity contribution in [2.75, 3.05) is 32.7 Å². The van der Waals surface area contributed by atoms with E-state index in [9.17, 15) is 14.4 Å². The van der Waals surface area contributed by atoms with E-state index in [1.54, 1.807) is 0 Å². The molecule has 1 heterocycles. The van der Waals surface area contributed by atoms with Gasteiger partial charge in [-0.2, -0.15) is 0 Å². The zero-order chi connectivity index (χ0) is 12.5. The Morgan fingerprint density at radius 2 is 1.18 bits per heavy atom. The molecular formula is C10H18N4O3. The Bertz CT molecular complexity index is 293. The molecule has 0 aromatic carbocycles. The van der Waals surface area contributed by atoms with E-state index >= 15 is 0 Å². The van der Waals surface area contributed by atoms with Crippen molar-refractivity contribution in [1.29, 1.82) is 0 Å². The fourth-order valence-corrected chi connectivity index (χ4v) is 1.38. The van der Waals surface area contributed by atoms with E-state index in [2.05, 4.69) is 21.3 Å². The first kappa shape index (κ1) is 13.4. The van der Waals surface area contributed by atoms with Crippen molar-refractivity contribution in [3.05, 3.63) is 0 Å². The Balaban J connectivity index is 2.36. The van der Waals surface area contributed by atoms with Gasteiger partial charge in [-0.3, -0.25) is 14.4 Å². The summed E-state index contributed by atoms with van der Waals surface area (Å²) in [6, 6.07) is 0. The summed E-state index contributed by atoms with van der Waals surface area (Å²) in [7, 11) is 0. The first-order chi connectivity index (χ1) is 8.18. The van der Waals surface area contributed by atoms with Gasteiger partial charge in [-0.1, -0.05) is 0 Å². The van der Waals surface area contributed by atoms with Crippen LogP contribution in [0.1, 0.15) is 12.8 Å². The standard InChI is InChI=1S/C10H18N4O3/c15-8-1-2-11-3-4-13-9(16)7-10(17)14-6-5-12-8/h11H,1-7H2,(H,12,15)(H,13,16)(H,14,17). The molecule has 0 atom stereocenters. The Hall–Kier alpha value is -1.63. The average Bonchev–Trinajstić information content (AvgIpc) is 2.28. The molecule has 7 nitrogen and oxygen atoms in total. The minimum atomic E-state index is -0.332. The molecule has 0 aliphatic carbocycles. The van der Waals surface area contributed by atoms with E-state index in [-0.39, 0.29) is 24.1 Å². The normalized spacial score (nSPS) is 20.8. The molecule has 96 valence electrons. The lowest BCUT2D eigenvalue weighted by Gasteiger charge is -2.10. The van der Waals surface area contributed by atoms with Gasteiger partial charge in [-0.15, -0.1) is 0 Å². The van der Waals surface area contributed by atoms with Crippen LogP contribution in [0, 0.1) is 0 Å². The quantitative estimate of drug-likeness (QED) is 0.360. The van der Waals surface area contributed by atoms with Gasteiger partial charge >= 0.3 is 0 Å². The topological polar surface area (TPSA) is 99.3 Å². The summed E-state index contributed by atoms with van der Waals surface area (Å²) in [6.45, 7) is 2.33. The van der Waals surface area contributed by atoms with Crippen LogP contribution in [0.15, 0.2) is 0 Å². The zero-order valence-corrected chi connectivity index (χ0v) is 9.67. The van der Waals surface area contributed by atoms with Crippen LogP contribution in [0.5, 0.6) is 0 Å². The summed E-state index contributed by atoms with van der Waals surface area (Å²) in [6.07, 6.45) is 0.218. The molecular weight excluding hydrogens is 224 g/mol. The maximum atomic E-state index is 11.3.